The maximum atomic E-state index is 5.45. The van der Waals surface area contributed by atoms with Gasteiger partial charge in [-0.3, -0.25) is 9.88 Å². The minimum atomic E-state index is 0.791. The second kappa shape index (κ2) is 6.33. The lowest BCUT2D eigenvalue weighted by atomic mass is 10.1. The standard InChI is InChI=1S/C15H21N3OS/c1-10-6-16-14(11(2)15(10)19-5)8-18(4)7-13-9-20-12(3)17-13/h6,9H,7-8H2,1-5H3. The number of methoxy groups -OCH3 is 1. The Labute approximate surface area is 124 Å². The van der Waals surface area contributed by atoms with Gasteiger partial charge in [-0.15, -0.1) is 11.3 Å². The Morgan fingerprint density at radius 2 is 2.00 bits per heavy atom. The number of aromatic nitrogens is 2. The molecular weight excluding hydrogens is 270 g/mol. The SMILES string of the molecule is COc1c(C)cnc(CN(C)Cc2csc(C)n2)c1C. The zero-order valence-electron chi connectivity index (χ0n) is 12.7. The molecule has 0 amide bonds. The molecule has 0 N–H and O–H groups in total. The van der Waals surface area contributed by atoms with E-state index in [1.54, 1.807) is 18.4 Å². The lowest BCUT2D eigenvalue weighted by Gasteiger charge is -2.18. The van der Waals surface area contributed by atoms with Gasteiger partial charge in [0.2, 0.25) is 0 Å². The summed E-state index contributed by atoms with van der Waals surface area (Å²) < 4.78 is 5.45. The Hall–Kier alpha value is -1.46. The highest BCUT2D eigenvalue weighted by atomic mass is 32.1. The lowest BCUT2D eigenvalue weighted by molar-refractivity contribution is 0.309. The van der Waals surface area contributed by atoms with E-state index in [9.17, 15) is 0 Å². The molecule has 0 unspecified atom stereocenters. The molecule has 0 atom stereocenters. The van der Waals surface area contributed by atoms with Crippen LogP contribution >= 0.6 is 11.3 Å². The topological polar surface area (TPSA) is 38.2 Å². The van der Waals surface area contributed by atoms with Crippen molar-refractivity contribution < 1.29 is 4.74 Å². The first-order valence-corrected chi connectivity index (χ1v) is 7.47. The van der Waals surface area contributed by atoms with Gasteiger partial charge in [-0.1, -0.05) is 0 Å². The number of hydrogen-bond donors (Lipinski definition) is 0. The van der Waals surface area contributed by atoms with Crippen LogP contribution in [0.25, 0.3) is 0 Å². The normalized spacial score (nSPS) is 11.1. The first-order valence-electron chi connectivity index (χ1n) is 6.60. The van der Waals surface area contributed by atoms with Crippen LogP contribution in [0.15, 0.2) is 11.6 Å². The van der Waals surface area contributed by atoms with Crippen LogP contribution in [0.2, 0.25) is 0 Å². The van der Waals surface area contributed by atoms with Crippen molar-refractivity contribution in [3.8, 4) is 5.75 Å². The van der Waals surface area contributed by atoms with E-state index in [0.29, 0.717) is 0 Å². The van der Waals surface area contributed by atoms with Crippen molar-refractivity contribution in [3.63, 3.8) is 0 Å². The molecule has 0 spiro atoms. The average Bonchev–Trinajstić information content (AvgIpc) is 2.79. The van der Waals surface area contributed by atoms with Crippen LogP contribution in [0.1, 0.15) is 27.5 Å². The fraction of sp³-hybridized carbons (Fsp3) is 0.467. The third-order valence-electron chi connectivity index (χ3n) is 3.27. The molecule has 0 radical (unpaired) electrons. The van der Waals surface area contributed by atoms with E-state index in [-0.39, 0.29) is 0 Å². The van der Waals surface area contributed by atoms with Crippen molar-refractivity contribution in [1.82, 2.24) is 14.9 Å². The van der Waals surface area contributed by atoms with Gasteiger partial charge in [0.25, 0.3) is 0 Å². The molecule has 2 aromatic rings. The summed E-state index contributed by atoms with van der Waals surface area (Å²) in [6, 6.07) is 0. The quantitative estimate of drug-likeness (QED) is 0.848. The summed E-state index contributed by atoms with van der Waals surface area (Å²) in [6.45, 7) is 7.74. The summed E-state index contributed by atoms with van der Waals surface area (Å²) in [7, 11) is 3.79. The molecular formula is C15H21N3OS. The van der Waals surface area contributed by atoms with Gasteiger partial charge in [0.15, 0.2) is 0 Å². The monoisotopic (exact) mass is 291 g/mol. The van der Waals surface area contributed by atoms with Crippen LogP contribution in [0.4, 0.5) is 0 Å². The minimum Gasteiger partial charge on any atom is -0.496 e. The van der Waals surface area contributed by atoms with Gasteiger partial charge < -0.3 is 4.74 Å². The van der Waals surface area contributed by atoms with E-state index in [2.05, 4.69) is 34.2 Å². The van der Waals surface area contributed by atoms with Crippen LogP contribution in [-0.2, 0) is 13.1 Å². The second-order valence-corrected chi connectivity index (χ2v) is 6.14. The van der Waals surface area contributed by atoms with Gasteiger partial charge in [0.05, 0.1) is 23.5 Å². The fourth-order valence-corrected chi connectivity index (χ4v) is 2.90. The Morgan fingerprint density at radius 3 is 2.60 bits per heavy atom. The Balaban J connectivity index is 2.09. The largest absolute Gasteiger partial charge is 0.496 e. The van der Waals surface area contributed by atoms with Gasteiger partial charge in [-0.05, 0) is 27.8 Å². The average molecular weight is 291 g/mol. The lowest BCUT2D eigenvalue weighted by Crippen LogP contribution is -2.19. The van der Waals surface area contributed by atoms with Gasteiger partial charge in [0.1, 0.15) is 5.75 Å². The molecule has 4 nitrogen and oxygen atoms in total. The van der Waals surface area contributed by atoms with Crippen molar-refractivity contribution in [2.45, 2.75) is 33.9 Å². The highest BCUT2D eigenvalue weighted by molar-refractivity contribution is 7.09. The molecule has 5 heteroatoms. The minimum absolute atomic E-state index is 0.791. The smallest absolute Gasteiger partial charge is 0.128 e. The molecule has 2 rings (SSSR count). The molecule has 0 saturated carbocycles. The van der Waals surface area contributed by atoms with E-state index in [1.807, 2.05) is 20.0 Å². The Kier molecular flexibility index (Phi) is 4.73. The maximum Gasteiger partial charge on any atom is 0.128 e. The van der Waals surface area contributed by atoms with Crippen LogP contribution in [-0.4, -0.2) is 29.0 Å². The molecule has 20 heavy (non-hydrogen) atoms. The number of rotatable bonds is 5. The third kappa shape index (κ3) is 3.35. The highest BCUT2D eigenvalue weighted by Crippen LogP contribution is 2.24. The van der Waals surface area contributed by atoms with Crippen LogP contribution in [0.5, 0.6) is 5.75 Å². The van der Waals surface area contributed by atoms with E-state index in [1.165, 1.54) is 0 Å². The van der Waals surface area contributed by atoms with Gasteiger partial charge in [-0.2, -0.15) is 0 Å². The van der Waals surface area contributed by atoms with E-state index >= 15 is 0 Å². The molecule has 0 aliphatic heterocycles. The molecule has 0 aliphatic carbocycles. The fourth-order valence-electron chi connectivity index (χ4n) is 2.30. The first-order chi connectivity index (χ1) is 9.51. The van der Waals surface area contributed by atoms with Crippen molar-refractivity contribution in [2.24, 2.45) is 0 Å². The van der Waals surface area contributed by atoms with Crippen LogP contribution in [0.3, 0.4) is 0 Å². The summed E-state index contributed by atoms with van der Waals surface area (Å²) in [4.78, 5) is 11.2. The van der Waals surface area contributed by atoms with Crippen LogP contribution < -0.4 is 4.74 Å². The number of aryl methyl sites for hydroxylation is 2. The molecule has 0 aromatic carbocycles. The number of nitrogens with zero attached hydrogens (tertiary/aromatic N) is 3. The predicted molar refractivity (Wildman–Crippen MR) is 82.3 cm³/mol. The van der Waals surface area contributed by atoms with Crippen molar-refractivity contribution in [2.75, 3.05) is 14.2 Å². The molecule has 0 aliphatic rings. The summed E-state index contributed by atoms with van der Waals surface area (Å²) >= 11 is 1.69. The Morgan fingerprint density at radius 1 is 1.25 bits per heavy atom. The first kappa shape index (κ1) is 14.9. The summed E-state index contributed by atoms with van der Waals surface area (Å²) in [6.07, 6.45) is 1.88. The molecule has 0 fully saturated rings. The maximum absolute atomic E-state index is 5.45. The zero-order valence-corrected chi connectivity index (χ0v) is 13.5. The van der Waals surface area contributed by atoms with Crippen molar-refractivity contribution >= 4 is 11.3 Å². The van der Waals surface area contributed by atoms with E-state index in [4.69, 9.17) is 4.74 Å². The summed E-state index contributed by atoms with van der Waals surface area (Å²) in [5.74, 6) is 0.938. The van der Waals surface area contributed by atoms with Crippen LogP contribution in [0, 0.1) is 20.8 Å². The summed E-state index contributed by atoms with van der Waals surface area (Å²) in [5.41, 5.74) is 4.37. The molecule has 108 valence electrons. The number of hydrogen-bond acceptors (Lipinski definition) is 5. The number of ether oxygens (including phenoxy) is 1. The molecule has 2 heterocycles. The van der Waals surface area contributed by atoms with Gasteiger partial charge in [0, 0.05) is 35.8 Å². The van der Waals surface area contributed by atoms with E-state index < -0.39 is 0 Å². The zero-order chi connectivity index (χ0) is 14.7. The molecule has 2 aromatic heterocycles. The Bertz CT molecular complexity index is 595. The van der Waals surface area contributed by atoms with Gasteiger partial charge >= 0.3 is 0 Å². The van der Waals surface area contributed by atoms with Gasteiger partial charge in [-0.25, -0.2) is 4.98 Å². The second-order valence-electron chi connectivity index (χ2n) is 5.08. The highest BCUT2D eigenvalue weighted by Gasteiger charge is 2.12. The van der Waals surface area contributed by atoms with Crippen molar-refractivity contribution in [1.29, 1.82) is 0 Å². The predicted octanol–water partition coefficient (Wildman–Crippen LogP) is 3.10. The molecule has 0 saturated heterocycles. The van der Waals surface area contributed by atoms with E-state index in [0.717, 1.165) is 46.4 Å². The molecule has 0 bridgehead atoms. The number of pyridine rings is 1. The third-order valence-corrected chi connectivity index (χ3v) is 4.09. The number of thiazole rings is 1. The summed E-state index contributed by atoms with van der Waals surface area (Å²) in [5, 5.41) is 3.22. The van der Waals surface area contributed by atoms with Crippen molar-refractivity contribution in [3.05, 3.63) is 39.1 Å².